The van der Waals surface area contributed by atoms with Crippen molar-refractivity contribution in [3.63, 3.8) is 0 Å². The first-order valence-corrected chi connectivity index (χ1v) is 7.31. The summed E-state index contributed by atoms with van der Waals surface area (Å²) in [6.07, 6.45) is 13.4. The maximum Gasteiger partial charge on any atom is 0.0270 e. The Morgan fingerprint density at radius 2 is 1.75 bits per heavy atom. The monoisotopic (exact) mass is 281 g/mol. The average Bonchev–Trinajstić information content (AvgIpc) is 2.59. The summed E-state index contributed by atoms with van der Waals surface area (Å²) in [7, 11) is 0. The Hall–Kier alpha value is -0.370. The van der Waals surface area contributed by atoms with Crippen LogP contribution < -0.4 is 0 Å². The zero-order valence-electron chi connectivity index (χ0n) is 9.74. The highest BCUT2D eigenvalue weighted by molar-refractivity contribution is 9.09. The van der Waals surface area contributed by atoms with Crippen LogP contribution in [0.3, 0.4) is 0 Å². The molecule has 1 aromatic rings. The first-order valence-electron chi connectivity index (χ1n) is 6.39. The van der Waals surface area contributed by atoms with Crippen LogP contribution in [0.5, 0.6) is 0 Å². The largest absolute Gasteiger partial charge is 0.265 e. The number of halogens is 1. The maximum atomic E-state index is 4.06. The van der Waals surface area contributed by atoms with Gasteiger partial charge in [-0.05, 0) is 42.9 Å². The summed E-state index contributed by atoms with van der Waals surface area (Å²) in [5, 5.41) is 0. The van der Waals surface area contributed by atoms with Crippen LogP contribution in [0.1, 0.15) is 44.1 Å². The third kappa shape index (κ3) is 3.58. The van der Waals surface area contributed by atoms with E-state index >= 15 is 0 Å². The minimum atomic E-state index is 0.646. The molecule has 1 aromatic heterocycles. The Morgan fingerprint density at radius 1 is 1.12 bits per heavy atom. The second-order valence-electron chi connectivity index (χ2n) is 4.83. The molecule has 0 saturated heterocycles. The molecule has 0 radical (unpaired) electrons. The van der Waals surface area contributed by atoms with Crippen molar-refractivity contribution in [2.24, 2.45) is 5.92 Å². The molecular weight excluding hydrogens is 262 g/mol. The lowest BCUT2D eigenvalue weighted by molar-refractivity contribution is 0.445. The first kappa shape index (κ1) is 12.1. The molecule has 1 heterocycles. The van der Waals surface area contributed by atoms with E-state index in [1.165, 1.54) is 44.1 Å². The molecule has 0 spiro atoms. The van der Waals surface area contributed by atoms with Gasteiger partial charge in [0, 0.05) is 17.2 Å². The minimum Gasteiger partial charge on any atom is -0.265 e. The predicted molar refractivity (Wildman–Crippen MR) is 71.8 cm³/mol. The van der Waals surface area contributed by atoms with E-state index in [0.29, 0.717) is 4.83 Å². The van der Waals surface area contributed by atoms with E-state index in [1.807, 2.05) is 12.4 Å². The molecule has 88 valence electrons. The molecule has 1 saturated carbocycles. The zero-order valence-corrected chi connectivity index (χ0v) is 11.3. The molecule has 2 heteroatoms. The molecule has 1 nitrogen and oxygen atoms in total. The van der Waals surface area contributed by atoms with Crippen molar-refractivity contribution in [3.8, 4) is 0 Å². The van der Waals surface area contributed by atoms with Crippen molar-refractivity contribution in [1.82, 2.24) is 4.98 Å². The molecule has 0 aromatic carbocycles. The highest BCUT2D eigenvalue weighted by atomic mass is 79.9. The fourth-order valence-corrected chi connectivity index (χ4v) is 3.49. The Balaban J connectivity index is 1.89. The fraction of sp³-hybridized carbons (Fsp3) is 0.643. The summed E-state index contributed by atoms with van der Waals surface area (Å²) in [5.41, 5.74) is 1.40. The topological polar surface area (TPSA) is 12.9 Å². The van der Waals surface area contributed by atoms with Gasteiger partial charge in [0.05, 0.1) is 0 Å². The van der Waals surface area contributed by atoms with Crippen molar-refractivity contribution < 1.29 is 0 Å². The van der Waals surface area contributed by atoms with Gasteiger partial charge in [0.2, 0.25) is 0 Å². The minimum absolute atomic E-state index is 0.646. The molecule has 1 aliphatic rings. The number of nitrogens with zero attached hydrogens (tertiary/aromatic N) is 1. The molecule has 1 unspecified atom stereocenters. The SMILES string of the molecule is BrC(Cc1ccncc1)C1CCCCCC1. The molecule has 1 aliphatic carbocycles. The third-order valence-corrected chi connectivity index (χ3v) is 4.66. The summed E-state index contributed by atoms with van der Waals surface area (Å²) < 4.78 is 0. The maximum absolute atomic E-state index is 4.06. The first-order chi connectivity index (χ1) is 7.86. The number of aromatic nitrogens is 1. The molecule has 2 rings (SSSR count). The van der Waals surface area contributed by atoms with Crippen LogP contribution in [0.25, 0.3) is 0 Å². The van der Waals surface area contributed by atoms with E-state index < -0.39 is 0 Å². The molecule has 0 amide bonds. The van der Waals surface area contributed by atoms with Crippen molar-refractivity contribution in [2.45, 2.75) is 49.8 Å². The van der Waals surface area contributed by atoms with Crippen LogP contribution in [-0.4, -0.2) is 9.81 Å². The lowest BCUT2D eigenvalue weighted by atomic mass is 9.93. The van der Waals surface area contributed by atoms with Gasteiger partial charge in [-0.15, -0.1) is 0 Å². The van der Waals surface area contributed by atoms with E-state index in [1.54, 1.807) is 0 Å². The van der Waals surface area contributed by atoms with Gasteiger partial charge in [-0.25, -0.2) is 0 Å². The van der Waals surface area contributed by atoms with Crippen LogP contribution >= 0.6 is 15.9 Å². The second kappa shape index (κ2) is 6.39. The van der Waals surface area contributed by atoms with Gasteiger partial charge >= 0.3 is 0 Å². The number of pyridine rings is 1. The highest BCUT2D eigenvalue weighted by Gasteiger charge is 2.20. The zero-order chi connectivity index (χ0) is 11.2. The molecule has 1 fully saturated rings. The van der Waals surface area contributed by atoms with Gasteiger partial charge in [-0.1, -0.05) is 41.6 Å². The summed E-state index contributed by atoms with van der Waals surface area (Å²) in [5.74, 6) is 0.871. The molecule has 0 N–H and O–H groups in total. The lowest BCUT2D eigenvalue weighted by Gasteiger charge is -2.20. The second-order valence-corrected chi connectivity index (χ2v) is 6.00. The van der Waals surface area contributed by atoms with Gasteiger partial charge < -0.3 is 0 Å². The lowest BCUT2D eigenvalue weighted by Crippen LogP contribution is -2.16. The van der Waals surface area contributed by atoms with Gasteiger partial charge in [0.1, 0.15) is 0 Å². The summed E-state index contributed by atoms with van der Waals surface area (Å²) in [4.78, 5) is 4.71. The Morgan fingerprint density at radius 3 is 2.38 bits per heavy atom. The van der Waals surface area contributed by atoms with E-state index in [9.17, 15) is 0 Å². The number of hydrogen-bond acceptors (Lipinski definition) is 1. The molecule has 0 aliphatic heterocycles. The smallest absolute Gasteiger partial charge is 0.0270 e. The summed E-state index contributed by atoms with van der Waals surface area (Å²) >= 11 is 3.89. The standard InChI is InChI=1S/C14H20BrN/c15-14(11-12-7-9-16-10-8-12)13-5-3-1-2-4-6-13/h7-10,13-14H,1-6,11H2. The van der Waals surface area contributed by atoms with E-state index in [4.69, 9.17) is 0 Å². The normalized spacial score (nSPS) is 20.3. The van der Waals surface area contributed by atoms with E-state index in [0.717, 1.165) is 12.3 Å². The van der Waals surface area contributed by atoms with Gasteiger partial charge in [-0.2, -0.15) is 0 Å². The van der Waals surface area contributed by atoms with Crippen LogP contribution in [0.15, 0.2) is 24.5 Å². The van der Waals surface area contributed by atoms with Crippen molar-refractivity contribution in [1.29, 1.82) is 0 Å². The fourth-order valence-electron chi connectivity index (χ4n) is 2.58. The van der Waals surface area contributed by atoms with Crippen LogP contribution in [0.2, 0.25) is 0 Å². The number of rotatable bonds is 3. The summed E-state index contributed by atoms with van der Waals surface area (Å²) in [6, 6.07) is 4.26. The van der Waals surface area contributed by atoms with Crippen LogP contribution in [-0.2, 0) is 6.42 Å². The molecule has 1 atom stereocenters. The molecular formula is C14H20BrN. The van der Waals surface area contributed by atoms with Gasteiger partial charge in [-0.3, -0.25) is 4.98 Å². The van der Waals surface area contributed by atoms with Crippen molar-refractivity contribution in [3.05, 3.63) is 30.1 Å². The van der Waals surface area contributed by atoms with E-state index in [-0.39, 0.29) is 0 Å². The van der Waals surface area contributed by atoms with Crippen molar-refractivity contribution in [2.75, 3.05) is 0 Å². The van der Waals surface area contributed by atoms with Crippen LogP contribution in [0, 0.1) is 5.92 Å². The van der Waals surface area contributed by atoms with Gasteiger partial charge in [0.15, 0.2) is 0 Å². The van der Waals surface area contributed by atoms with E-state index in [2.05, 4.69) is 33.0 Å². The highest BCUT2D eigenvalue weighted by Crippen LogP contribution is 2.30. The average molecular weight is 282 g/mol. The number of alkyl halides is 1. The van der Waals surface area contributed by atoms with Gasteiger partial charge in [0.25, 0.3) is 0 Å². The number of hydrogen-bond donors (Lipinski definition) is 0. The Labute approximate surface area is 107 Å². The van der Waals surface area contributed by atoms with Crippen LogP contribution in [0.4, 0.5) is 0 Å². The third-order valence-electron chi connectivity index (χ3n) is 3.59. The Bertz CT molecular complexity index is 291. The quantitative estimate of drug-likeness (QED) is 0.593. The van der Waals surface area contributed by atoms with Crippen molar-refractivity contribution >= 4 is 15.9 Å². The summed E-state index contributed by atoms with van der Waals surface area (Å²) in [6.45, 7) is 0. The molecule has 16 heavy (non-hydrogen) atoms. The Kier molecular flexibility index (Phi) is 4.83. The predicted octanol–water partition coefficient (Wildman–Crippen LogP) is 4.36. The molecule has 0 bridgehead atoms.